The Morgan fingerprint density at radius 1 is 1.35 bits per heavy atom. The molecule has 1 aliphatic rings. The SMILES string of the molecule is C/C=C\C[C@H](C)C[S@](N)(=O)=NC(=O)c1ccc(OC[C@@]2(OC)CCCc3cc(Cl)ccc32)c([N+](=O)[O-])c1. The number of nitro benzene ring substituents is 1. The maximum Gasteiger partial charge on any atom is 0.311 e. The van der Waals surface area contributed by atoms with Gasteiger partial charge in [0.05, 0.1) is 4.92 Å². The number of ether oxygens (including phenoxy) is 2. The van der Waals surface area contributed by atoms with Crippen LogP contribution >= 0.6 is 11.6 Å². The average Bonchev–Trinajstić information content (AvgIpc) is 2.85. The zero-order valence-electron chi connectivity index (χ0n) is 21.1. The van der Waals surface area contributed by atoms with E-state index in [1.54, 1.807) is 13.2 Å². The zero-order valence-corrected chi connectivity index (χ0v) is 22.7. The first kappa shape index (κ1) is 28.8. The van der Waals surface area contributed by atoms with Crippen LogP contribution in [0.1, 0.15) is 54.6 Å². The fraction of sp³-hybridized carbons (Fsp3) is 0.423. The van der Waals surface area contributed by atoms with Gasteiger partial charge in [0.2, 0.25) is 0 Å². The normalized spacial score (nSPS) is 19.6. The van der Waals surface area contributed by atoms with E-state index in [0.29, 0.717) is 17.9 Å². The minimum atomic E-state index is -3.31. The van der Waals surface area contributed by atoms with E-state index in [1.165, 1.54) is 12.1 Å². The molecule has 1 aliphatic carbocycles. The van der Waals surface area contributed by atoms with Gasteiger partial charge in [0, 0.05) is 29.5 Å². The van der Waals surface area contributed by atoms with E-state index in [2.05, 4.69) is 4.36 Å². The summed E-state index contributed by atoms with van der Waals surface area (Å²) >= 11 is 6.16. The number of carbonyl (C=O) groups excluding carboxylic acids is 1. The second-order valence-corrected chi connectivity index (χ2v) is 11.6. The van der Waals surface area contributed by atoms with Crippen molar-refractivity contribution >= 4 is 33.1 Å². The fourth-order valence-corrected chi connectivity index (χ4v) is 6.12. The number of rotatable bonds is 10. The first-order valence-electron chi connectivity index (χ1n) is 11.9. The molecule has 9 nitrogen and oxygen atoms in total. The summed E-state index contributed by atoms with van der Waals surface area (Å²) in [6, 6.07) is 9.32. The molecule has 0 aromatic heterocycles. The first-order valence-corrected chi connectivity index (χ1v) is 14.1. The maximum absolute atomic E-state index is 12.7. The van der Waals surface area contributed by atoms with Gasteiger partial charge < -0.3 is 9.47 Å². The van der Waals surface area contributed by atoms with Crippen molar-refractivity contribution in [1.82, 2.24) is 0 Å². The Morgan fingerprint density at radius 3 is 2.78 bits per heavy atom. The lowest BCUT2D eigenvalue weighted by Crippen LogP contribution is -2.39. The minimum absolute atomic E-state index is 0.0208. The van der Waals surface area contributed by atoms with Crippen LogP contribution in [0.15, 0.2) is 52.9 Å². The van der Waals surface area contributed by atoms with E-state index in [9.17, 15) is 19.1 Å². The van der Waals surface area contributed by atoms with Gasteiger partial charge in [-0.1, -0.05) is 36.7 Å². The Labute approximate surface area is 222 Å². The van der Waals surface area contributed by atoms with Crippen molar-refractivity contribution in [1.29, 1.82) is 0 Å². The fourth-order valence-electron chi connectivity index (χ4n) is 4.52. The molecule has 0 saturated carbocycles. The highest BCUT2D eigenvalue weighted by Crippen LogP contribution is 2.40. The van der Waals surface area contributed by atoms with Gasteiger partial charge in [-0.25, -0.2) is 9.35 Å². The topological polar surface area (TPSA) is 134 Å². The number of fused-ring (bicyclic) bond motifs is 1. The summed E-state index contributed by atoms with van der Waals surface area (Å²) in [5, 5.41) is 18.2. The van der Waals surface area contributed by atoms with Crippen LogP contribution in [0.25, 0.3) is 0 Å². The van der Waals surface area contributed by atoms with Crippen molar-refractivity contribution in [3.05, 3.63) is 80.4 Å². The van der Waals surface area contributed by atoms with Crippen LogP contribution in [0, 0.1) is 16.0 Å². The molecule has 2 N–H and O–H groups in total. The lowest BCUT2D eigenvalue weighted by atomic mass is 9.79. The van der Waals surface area contributed by atoms with Gasteiger partial charge in [-0.3, -0.25) is 14.9 Å². The second kappa shape index (κ2) is 12.2. The summed E-state index contributed by atoms with van der Waals surface area (Å²) in [5.74, 6) is -0.929. The van der Waals surface area contributed by atoms with Crippen LogP contribution < -0.4 is 9.88 Å². The van der Waals surface area contributed by atoms with E-state index >= 15 is 0 Å². The summed E-state index contributed by atoms with van der Waals surface area (Å²) in [7, 11) is -1.73. The Kier molecular flexibility index (Phi) is 9.46. The molecule has 3 rings (SSSR count). The Balaban J connectivity index is 1.84. The quantitative estimate of drug-likeness (QED) is 0.233. The molecule has 0 spiro atoms. The third-order valence-corrected chi connectivity index (χ3v) is 8.13. The number of methoxy groups -OCH3 is 1. The molecule has 2 aromatic carbocycles. The molecular weight excluding hydrogens is 518 g/mol. The Hall–Kier alpha value is -2.79. The number of allylic oxidation sites excluding steroid dienone is 2. The number of aryl methyl sites for hydroxylation is 1. The van der Waals surface area contributed by atoms with Crippen LogP contribution in [0.4, 0.5) is 5.69 Å². The number of nitrogens with two attached hydrogens (primary N) is 1. The smallest absolute Gasteiger partial charge is 0.311 e. The standard InChI is InChI=1S/C26H32ClN3O6S/c1-4-5-7-18(2)16-37(28,34)29-25(31)20-9-12-24(23(15-20)30(32)33)36-17-26(35-3)13-6-8-19-14-21(27)10-11-22(19)26/h4-5,9-12,14-15,18H,6-8,13,16-17H2,1-3H3,(H2,28,29,31,34)/b5-4-/t18-,26-,37+/m0/s1. The maximum atomic E-state index is 12.7. The molecular formula is C26H32ClN3O6S. The summed E-state index contributed by atoms with van der Waals surface area (Å²) in [5.41, 5.74) is 0.665. The molecule has 200 valence electrons. The third kappa shape index (κ3) is 7.16. The van der Waals surface area contributed by atoms with Crippen LogP contribution in [0.3, 0.4) is 0 Å². The summed E-state index contributed by atoms with van der Waals surface area (Å²) in [6.07, 6.45) is 6.79. The molecule has 0 fully saturated rings. The van der Waals surface area contributed by atoms with Crippen molar-refractivity contribution in [2.24, 2.45) is 15.4 Å². The highest BCUT2D eigenvalue weighted by molar-refractivity contribution is 7.91. The largest absolute Gasteiger partial charge is 0.483 e. The predicted molar refractivity (Wildman–Crippen MR) is 144 cm³/mol. The Morgan fingerprint density at radius 2 is 2.11 bits per heavy atom. The number of nitro groups is 1. The number of nitrogens with zero attached hydrogens (tertiary/aromatic N) is 2. The Bertz CT molecular complexity index is 1320. The number of halogens is 1. The third-order valence-electron chi connectivity index (χ3n) is 6.37. The molecule has 11 heteroatoms. The molecule has 0 saturated heterocycles. The molecule has 1 amide bonds. The van der Waals surface area contributed by atoms with E-state index < -0.39 is 32.0 Å². The van der Waals surface area contributed by atoms with Gasteiger partial charge in [0.15, 0.2) is 5.75 Å². The summed E-state index contributed by atoms with van der Waals surface area (Å²) < 4.78 is 28.2. The number of hydrogen-bond acceptors (Lipinski definition) is 6. The first-order chi connectivity index (χ1) is 17.5. The number of hydrogen-bond donors (Lipinski definition) is 1. The van der Waals surface area contributed by atoms with Crippen molar-refractivity contribution in [2.45, 2.75) is 45.1 Å². The van der Waals surface area contributed by atoms with Crippen LogP contribution in [-0.2, 0) is 26.7 Å². The van der Waals surface area contributed by atoms with Crippen LogP contribution in [-0.4, -0.2) is 34.5 Å². The lowest BCUT2D eigenvalue weighted by Gasteiger charge is -2.37. The van der Waals surface area contributed by atoms with Crippen molar-refractivity contribution in [2.75, 3.05) is 19.5 Å². The van der Waals surface area contributed by atoms with Crippen LogP contribution in [0.2, 0.25) is 5.02 Å². The van der Waals surface area contributed by atoms with Gasteiger partial charge in [-0.2, -0.15) is 0 Å². The zero-order chi connectivity index (χ0) is 27.2. The average molecular weight is 550 g/mol. The molecule has 0 unspecified atom stereocenters. The second-order valence-electron chi connectivity index (χ2n) is 9.24. The molecule has 2 aromatic rings. The van der Waals surface area contributed by atoms with E-state index in [4.69, 9.17) is 26.2 Å². The van der Waals surface area contributed by atoms with Gasteiger partial charge in [0.1, 0.15) is 22.1 Å². The lowest BCUT2D eigenvalue weighted by molar-refractivity contribution is -0.386. The van der Waals surface area contributed by atoms with E-state index in [0.717, 1.165) is 30.0 Å². The van der Waals surface area contributed by atoms with Crippen molar-refractivity contribution < 1.29 is 23.4 Å². The molecule has 3 atom stereocenters. The molecule has 37 heavy (non-hydrogen) atoms. The van der Waals surface area contributed by atoms with Gasteiger partial charge in [0.25, 0.3) is 5.91 Å². The highest BCUT2D eigenvalue weighted by Gasteiger charge is 2.38. The number of benzene rings is 2. The monoisotopic (exact) mass is 549 g/mol. The summed E-state index contributed by atoms with van der Waals surface area (Å²) in [4.78, 5) is 23.8. The van der Waals surface area contributed by atoms with Crippen molar-refractivity contribution in [3.63, 3.8) is 0 Å². The van der Waals surface area contributed by atoms with Gasteiger partial charge in [-0.05, 0) is 73.9 Å². The van der Waals surface area contributed by atoms with Gasteiger partial charge >= 0.3 is 5.69 Å². The number of carbonyl (C=O) groups is 1. The predicted octanol–water partition coefficient (Wildman–Crippen LogP) is 5.59. The van der Waals surface area contributed by atoms with E-state index in [-0.39, 0.29) is 29.6 Å². The van der Waals surface area contributed by atoms with Crippen LogP contribution in [0.5, 0.6) is 5.75 Å². The molecule has 0 heterocycles. The van der Waals surface area contributed by atoms with Crippen molar-refractivity contribution in [3.8, 4) is 5.75 Å². The number of amides is 1. The minimum Gasteiger partial charge on any atom is -0.483 e. The molecule has 0 bridgehead atoms. The highest BCUT2D eigenvalue weighted by atomic mass is 35.5. The molecule has 0 radical (unpaired) electrons. The summed E-state index contributed by atoms with van der Waals surface area (Å²) in [6.45, 7) is 3.76. The molecule has 0 aliphatic heterocycles. The van der Waals surface area contributed by atoms with E-state index in [1.807, 2.05) is 38.1 Å². The van der Waals surface area contributed by atoms with Gasteiger partial charge in [-0.15, -0.1) is 4.36 Å².